The maximum absolute atomic E-state index is 13.4. The SMILES string of the molecule is Cc1ccc(S(=O)(=O)N(CC(=O)NC2CC3CCC2C3)c2ccc(C)c(Cl)c2)cc1. The molecule has 3 unspecified atom stereocenters. The largest absolute Gasteiger partial charge is 0.352 e. The molecule has 1 amide bonds. The Morgan fingerprint density at radius 1 is 1.10 bits per heavy atom. The second-order valence-corrected chi connectivity index (χ2v) is 10.9. The van der Waals surface area contributed by atoms with Crippen LogP contribution in [0.4, 0.5) is 5.69 Å². The van der Waals surface area contributed by atoms with Gasteiger partial charge in [0.25, 0.3) is 10.0 Å². The van der Waals surface area contributed by atoms with Crippen molar-refractivity contribution < 1.29 is 13.2 Å². The first-order chi connectivity index (χ1) is 14.2. The summed E-state index contributed by atoms with van der Waals surface area (Å²) in [5.74, 6) is 0.943. The first kappa shape index (κ1) is 21.2. The molecule has 2 aliphatic carbocycles. The van der Waals surface area contributed by atoms with Crippen LogP contribution in [0.15, 0.2) is 47.4 Å². The standard InChI is InChI=1S/C23H27ClN2O3S/c1-15-3-9-20(10-4-15)30(28,29)26(19-8-5-16(2)21(24)13-19)14-23(27)25-22-12-17-6-7-18(22)11-17/h3-5,8-10,13,17-18,22H,6-7,11-12,14H2,1-2H3,(H,25,27). The predicted octanol–water partition coefficient (Wildman–Crippen LogP) is 4.46. The number of fused-ring (bicyclic) bond motifs is 2. The number of carbonyl (C=O) groups is 1. The van der Waals surface area contributed by atoms with Gasteiger partial charge in [0.2, 0.25) is 5.91 Å². The highest BCUT2D eigenvalue weighted by atomic mass is 35.5. The van der Waals surface area contributed by atoms with Crippen LogP contribution in [-0.4, -0.2) is 26.9 Å². The third kappa shape index (κ3) is 4.21. The molecule has 7 heteroatoms. The molecule has 2 saturated carbocycles. The Morgan fingerprint density at radius 3 is 2.43 bits per heavy atom. The molecule has 2 fully saturated rings. The summed E-state index contributed by atoms with van der Waals surface area (Å²) in [6, 6.07) is 11.9. The van der Waals surface area contributed by atoms with Gasteiger partial charge in [-0.1, -0.05) is 41.8 Å². The van der Waals surface area contributed by atoms with Crippen LogP contribution in [0.3, 0.4) is 0 Å². The number of aryl methyl sites for hydroxylation is 2. The summed E-state index contributed by atoms with van der Waals surface area (Å²) in [5, 5.41) is 3.55. The summed E-state index contributed by atoms with van der Waals surface area (Å²) in [6.07, 6.45) is 4.56. The zero-order valence-corrected chi connectivity index (χ0v) is 18.8. The van der Waals surface area contributed by atoms with Gasteiger partial charge in [-0.15, -0.1) is 0 Å². The van der Waals surface area contributed by atoms with E-state index in [0.717, 1.165) is 28.3 Å². The molecule has 0 spiro atoms. The highest BCUT2D eigenvalue weighted by Crippen LogP contribution is 2.44. The molecular weight excluding hydrogens is 420 g/mol. The number of amides is 1. The molecule has 2 aromatic rings. The van der Waals surface area contributed by atoms with E-state index in [2.05, 4.69) is 5.32 Å². The van der Waals surface area contributed by atoms with Crippen molar-refractivity contribution >= 4 is 33.2 Å². The van der Waals surface area contributed by atoms with Crippen LogP contribution in [0.5, 0.6) is 0 Å². The number of benzene rings is 2. The fourth-order valence-electron chi connectivity index (χ4n) is 4.69. The first-order valence-corrected chi connectivity index (χ1v) is 12.2. The third-order valence-corrected chi connectivity index (χ3v) is 8.62. The average molecular weight is 447 g/mol. The topological polar surface area (TPSA) is 66.5 Å². The minimum atomic E-state index is -3.93. The quantitative estimate of drug-likeness (QED) is 0.712. The zero-order chi connectivity index (χ0) is 21.5. The number of hydrogen-bond donors (Lipinski definition) is 1. The van der Waals surface area contributed by atoms with Gasteiger partial charge in [0.1, 0.15) is 6.54 Å². The Hall–Kier alpha value is -2.05. The van der Waals surface area contributed by atoms with Crippen LogP contribution in [0.25, 0.3) is 0 Å². The van der Waals surface area contributed by atoms with Gasteiger partial charge >= 0.3 is 0 Å². The van der Waals surface area contributed by atoms with Crippen LogP contribution in [0.1, 0.15) is 36.8 Å². The van der Waals surface area contributed by atoms with E-state index in [1.807, 2.05) is 13.8 Å². The molecule has 2 bridgehead atoms. The Morgan fingerprint density at radius 2 is 1.83 bits per heavy atom. The van der Waals surface area contributed by atoms with Gasteiger partial charge in [0, 0.05) is 11.1 Å². The maximum Gasteiger partial charge on any atom is 0.264 e. The smallest absolute Gasteiger partial charge is 0.264 e. The first-order valence-electron chi connectivity index (χ1n) is 10.4. The number of sulfonamides is 1. The molecule has 160 valence electrons. The van der Waals surface area contributed by atoms with Crippen molar-refractivity contribution in [3.63, 3.8) is 0 Å². The second kappa shape index (κ2) is 8.23. The molecule has 4 rings (SSSR count). The summed E-state index contributed by atoms with van der Waals surface area (Å²) in [4.78, 5) is 13.0. The van der Waals surface area contributed by atoms with Crippen molar-refractivity contribution in [3.05, 3.63) is 58.6 Å². The van der Waals surface area contributed by atoms with Crippen molar-refractivity contribution in [2.24, 2.45) is 11.8 Å². The van der Waals surface area contributed by atoms with E-state index in [0.29, 0.717) is 22.5 Å². The van der Waals surface area contributed by atoms with Gasteiger partial charge in [0.15, 0.2) is 0 Å². The predicted molar refractivity (Wildman–Crippen MR) is 119 cm³/mol. The van der Waals surface area contributed by atoms with Gasteiger partial charge in [0.05, 0.1) is 10.6 Å². The van der Waals surface area contributed by atoms with Crippen molar-refractivity contribution in [2.75, 3.05) is 10.8 Å². The molecule has 0 heterocycles. The highest BCUT2D eigenvalue weighted by molar-refractivity contribution is 7.92. The van der Waals surface area contributed by atoms with Crippen LogP contribution < -0.4 is 9.62 Å². The van der Waals surface area contributed by atoms with E-state index >= 15 is 0 Å². The Kier molecular flexibility index (Phi) is 5.82. The molecule has 0 aliphatic heterocycles. The van der Waals surface area contributed by atoms with E-state index in [-0.39, 0.29) is 23.4 Å². The summed E-state index contributed by atoms with van der Waals surface area (Å²) in [5.41, 5.74) is 2.20. The molecule has 30 heavy (non-hydrogen) atoms. The second-order valence-electron chi connectivity index (χ2n) is 8.61. The Labute approximate surface area is 183 Å². The van der Waals surface area contributed by atoms with Crippen LogP contribution in [-0.2, 0) is 14.8 Å². The van der Waals surface area contributed by atoms with Crippen LogP contribution in [0.2, 0.25) is 5.02 Å². The minimum absolute atomic E-state index is 0.150. The summed E-state index contributed by atoms with van der Waals surface area (Å²) < 4.78 is 28.0. The highest BCUT2D eigenvalue weighted by Gasteiger charge is 2.40. The fourth-order valence-corrected chi connectivity index (χ4v) is 6.28. The van der Waals surface area contributed by atoms with E-state index in [1.54, 1.807) is 42.5 Å². The number of carbonyl (C=O) groups excluding carboxylic acids is 1. The molecule has 2 aliphatic rings. The van der Waals surface area contributed by atoms with E-state index < -0.39 is 10.0 Å². The maximum atomic E-state index is 13.4. The lowest BCUT2D eigenvalue weighted by molar-refractivity contribution is -0.120. The number of hydrogen-bond acceptors (Lipinski definition) is 3. The number of rotatable bonds is 6. The molecule has 0 saturated heterocycles. The molecule has 1 N–H and O–H groups in total. The van der Waals surface area contributed by atoms with Crippen molar-refractivity contribution in [3.8, 4) is 0 Å². The van der Waals surface area contributed by atoms with Gasteiger partial charge < -0.3 is 5.32 Å². The molecule has 0 aromatic heterocycles. The Balaban J connectivity index is 1.62. The van der Waals surface area contributed by atoms with Gasteiger partial charge in [-0.3, -0.25) is 9.10 Å². The lowest BCUT2D eigenvalue weighted by atomic mass is 9.95. The lowest BCUT2D eigenvalue weighted by Gasteiger charge is -2.27. The average Bonchev–Trinajstić information content (AvgIpc) is 3.32. The number of nitrogens with zero attached hydrogens (tertiary/aromatic N) is 1. The summed E-state index contributed by atoms with van der Waals surface area (Å²) >= 11 is 6.27. The van der Waals surface area contributed by atoms with E-state index in [9.17, 15) is 13.2 Å². The van der Waals surface area contributed by atoms with Gasteiger partial charge in [-0.25, -0.2) is 8.42 Å². The monoisotopic (exact) mass is 446 g/mol. The number of halogens is 1. The number of nitrogens with one attached hydrogen (secondary N) is 1. The molecule has 2 aromatic carbocycles. The van der Waals surface area contributed by atoms with Crippen LogP contribution >= 0.6 is 11.6 Å². The molecule has 3 atom stereocenters. The molecule has 0 radical (unpaired) electrons. The number of anilines is 1. The normalized spacial score (nSPS) is 22.8. The summed E-state index contributed by atoms with van der Waals surface area (Å²) in [6.45, 7) is 3.48. The summed E-state index contributed by atoms with van der Waals surface area (Å²) in [7, 11) is -3.93. The third-order valence-electron chi connectivity index (χ3n) is 6.42. The fraction of sp³-hybridized carbons (Fsp3) is 0.435. The Bertz CT molecular complexity index is 1050. The minimum Gasteiger partial charge on any atom is -0.352 e. The van der Waals surface area contributed by atoms with Crippen molar-refractivity contribution in [2.45, 2.75) is 50.5 Å². The lowest BCUT2D eigenvalue weighted by Crippen LogP contribution is -2.46. The van der Waals surface area contributed by atoms with E-state index in [1.165, 1.54) is 12.8 Å². The van der Waals surface area contributed by atoms with Crippen molar-refractivity contribution in [1.82, 2.24) is 5.32 Å². The zero-order valence-electron chi connectivity index (χ0n) is 17.3. The van der Waals surface area contributed by atoms with Gasteiger partial charge in [-0.2, -0.15) is 0 Å². The van der Waals surface area contributed by atoms with E-state index in [4.69, 9.17) is 11.6 Å². The molecular formula is C23H27ClN2O3S. The molecule has 5 nitrogen and oxygen atoms in total. The van der Waals surface area contributed by atoms with Gasteiger partial charge in [-0.05, 0) is 74.8 Å². The van der Waals surface area contributed by atoms with Crippen molar-refractivity contribution in [1.29, 1.82) is 0 Å². The van der Waals surface area contributed by atoms with Crippen LogP contribution in [0, 0.1) is 25.7 Å².